The summed E-state index contributed by atoms with van der Waals surface area (Å²) >= 11 is 0. The van der Waals surface area contributed by atoms with E-state index in [0.717, 1.165) is 18.8 Å². The van der Waals surface area contributed by atoms with Crippen molar-refractivity contribution in [2.45, 2.75) is 19.9 Å². The second-order valence-corrected chi connectivity index (χ2v) is 8.09. The van der Waals surface area contributed by atoms with Gasteiger partial charge in [0.15, 0.2) is 17.4 Å². The van der Waals surface area contributed by atoms with E-state index in [1.54, 1.807) is 19.1 Å². The minimum atomic E-state index is -1.13. The highest BCUT2D eigenvalue weighted by Crippen LogP contribution is 2.36. The number of para-hydroxylation sites is 1. The second-order valence-electron chi connectivity index (χ2n) is 8.09. The highest BCUT2D eigenvalue weighted by molar-refractivity contribution is 6.08. The number of piperazine rings is 1. The number of ether oxygens (including phenoxy) is 2. The van der Waals surface area contributed by atoms with Crippen LogP contribution < -0.4 is 15.0 Å². The van der Waals surface area contributed by atoms with E-state index in [-0.39, 0.29) is 18.1 Å². The van der Waals surface area contributed by atoms with E-state index in [2.05, 4.69) is 22.3 Å². The molecule has 0 saturated carbocycles. The lowest BCUT2D eigenvalue weighted by Crippen LogP contribution is -2.57. The zero-order valence-corrected chi connectivity index (χ0v) is 19.4. The van der Waals surface area contributed by atoms with Crippen LogP contribution in [-0.2, 0) is 14.3 Å². The van der Waals surface area contributed by atoms with Crippen LogP contribution in [0.1, 0.15) is 25.5 Å². The van der Waals surface area contributed by atoms with Crippen LogP contribution in [-0.4, -0.2) is 67.2 Å². The van der Waals surface area contributed by atoms with E-state index in [9.17, 15) is 14.7 Å². The molecule has 2 atom stereocenters. The van der Waals surface area contributed by atoms with Gasteiger partial charge in [0, 0.05) is 31.9 Å². The highest BCUT2D eigenvalue weighted by Gasteiger charge is 2.42. The molecule has 1 amide bonds. The molecule has 1 saturated heterocycles. The van der Waals surface area contributed by atoms with Gasteiger partial charge in [-0.3, -0.25) is 14.9 Å². The molecule has 0 bridgehead atoms. The molecule has 1 fully saturated rings. The van der Waals surface area contributed by atoms with Gasteiger partial charge >= 0.3 is 5.97 Å². The Morgan fingerprint density at radius 2 is 1.76 bits per heavy atom. The quantitative estimate of drug-likeness (QED) is 0.497. The van der Waals surface area contributed by atoms with Gasteiger partial charge in [0.05, 0.1) is 13.2 Å². The van der Waals surface area contributed by atoms with Gasteiger partial charge in [-0.05, 0) is 43.7 Å². The van der Waals surface area contributed by atoms with Gasteiger partial charge < -0.3 is 24.4 Å². The number of phenols is 1. The number of aromatic hydroxyl groups is 1. The SMILES string of the molecule is CCOC(=O)[C@@H]1C(=O)NC(N2CCN(c3ccccc3)CC2)=N[C@@H]1c1ccc(O)c(OCC)c1. The molecular weight excluding hydrogens is 436 g/mol. The molecule has 2 aliphatic rings. The van der Waals surface area contributed by atoms with Crippen LogP contribution in [0.5, 0.6) is 11.5 Å². The van der Waals surface area contributed by atoms with Crippen molar-refractivity contribution in [2.24, 2.45) is 10.9 Å². The molecule has 180 valence electrons. The molecule has 2 aromatic rings. The van der Waals surface area contributed by atoms with Gasteiger partial charge in [-0.2, -0.15) is 0 Å². The third-order valence-corrected chi connectivity index (χ3v) is 5.96. The minimum absolute atomic E-state index is 0.0141. The third kappa shape index (κ3) is 4.93. The van der Waals surface area contributed by atoms with E-state index >= 15 is 0 Å². The predicted octanol–water partition coefficient (Wildman–Crippen LogP) is 2.32. The predicted molar refractivity (Wildman–Crippen MR) is 128 cm³/mol. The molecule has 2 aliphatic heterocycles. The number of amides is 1. The average Bonchev–Trinajstić information content (AvgIpc) is 2.86. The molecule has 0 aromatic heterocycles. The van der Waals surface area contributed by atoms with E-state index in [1.807, 2.05) is 30.0 Å². The summed E-state index contributed by atoms with van der Waals surface area (Å²) < 4.78 is 10.7. The fourth-order valence-corrected chi connectivity index (χ4v) is 4.27. The first kappa shape index (κ1) is 23.4. The van der Waals surface area contributed by atoms with Gasteiger partial charge in [0.1, 0.15) is 6.04 Å². The molecule has 0 aliphatic carbocycles. The third-order valence-electron chi connectivity index (χ3n) is 5.96. The van der Waals surface area contributed by atoms with E-state index in [1.165, 1.54) is 6.07 Å². The Bertz CT molecular complexity index is 1050. The normalized spacial score (nSPS) is 20.4. The van der Waals surface area contributed by atoms with Crippen LogP contribution in [0.25, 0.3) is 0 Å². The molecule has 0 unspecified atom stereocenters. The smallest absolute Gasteiger partial charge is 0.321 e. The van der Waals surface area contributed by atoms with Gasteiger partial charge in [0.2, 0.25) is 11.9 Å². The zero-order chi connectivity index (χ0) is 24.1. The van der Waals surface area contributed by atoms with Crippen LogP contribution in [0.3, 0.4) is 0 Å². The molecule has 9 nitrogen and oxygen atoms in total. The lowest BCUT2D eigenvalue weighted by atomic mass is 9.91. The molecule has 2 N–H and O–H groups in total. The number of carbonyl (C=O) groups is 2. The lowest BCUT2D eigenvalue weighted by Gasteiger charge is -2.39. The van der Waals surface area contributed by atoms with Gasteiger partial charge in [-0.25, -0.2) is 4.99 Å². The summed E-state index contributed by atoms with van der Waals surface area (Å²) in [4.78, 5) is 34.9. The standard InChI is InChI=1S/C25H30N4O5/c1-3-33-20-16-17(10-11-19(20)30)22-21(24(32)34-4-2)23(31)27-25(26-22)29-14-12-28(13-15-29)18-8-6-5-7-9-18/h5-11,16,21-22,30H,3-4,12-15H2,1-2H3,(H,26,27,31)/t21-,22+/m0/s1. The maximum Gasteiger partial charge on any atom is 0.321 e. The van der Waals surface area contributed by atoms with Crippen LogP contribution in [0.4, 0.5) is 5.69 Å². The summed E-state index contributed by atoms with van der Waals surface area (Å²) in [5.74, 6) is -1.51. The van der Waals surface area contributed by atoms with Crippen molar-refractivity contribution in [3.8, 4) is 11.5 Å². The van der Waals surface area contributed by atoms with E-state index < -0.39 is 23.8 Å². The van der Waals surface area contributed by atoms with Crippen molar-refractivity contribution >= 4 is 23.5 Å². The molecular formula is C25H30N4O5. The van der Waals surface area contributed by atoms with Crippen LogP contribution in [0.2, 0.25) is 0 Å². The Hall–Kier alpha value is -3.75. The molecule has 9 heteroatoms. The first-order valence-electron chi connectivity index (χ1n) is 11.6. The molecule has 4 rings (SSSR count). The lowest BCUT2D eigenvalue weighted by molar-refractivity contribution is -0.153. The number of nitrogens with zero attached hydrogens (tertiary/aromatic N) is 3. The summed E-state index contributed by atoms with van der Waals surface area (Å²) in [6.07, 6.45) is 0. The number of hydrogen-bond donors (Lipinski definition) is 2. The Morgan fingerprint density at radius 1 is 1.06 bits per heavy atom. The number of anilines is 1. The molecule has 34 heavy (non-hydrogen) atoms. The van der Waals surface area contributed by atoms with Gasteiger partial charge in [-0.15, -0.1) is 0 Å². The van der Waals surface area contributed by atoms with Crippen molar-refractivity contribution in [1.29, 1.82) is 0 Å². The maximum atomic E-state index is 13.1. The topological polar surface area (TPSA) is 104 Å². The second kappa shape index (κ2) is 10.5. The molecule has 2 heterocycles. The number of benzene rings is 2. The Morgan fingerprint density at radius 3 is 2.44 bits per heavy atom. The van der Waals surface area contributed by atoms with Gasteiger partial charge in [-0.1, -0.05) is 24.3 Å². The zero-order valence-electron chi connectivity index (χ0n) is 19.4. The fraction of sp³-hybridized carbons (Fsp3) is 0.400. The minimum Gasteiger partial charge on any atom is -0.504 e. The van der Waals surface area contributed by atoms with Gasteiger partial charge in [0.25, 0.3) is 0 Å². The molecule has 2 aromatic carbocycles. The summed E-state index contributed by atoms with van der Waals surface area (Å²) in [7, 11) is 0. The molecule has 0 radical (unpaired) electrons. The van der Waals surface area contributed by atoms with Crippen LogP contribution >= 0.6 is 0 Å². The van der Waals surface area contributed by atoms with E-state index in [4.69, 9.17) is 14.5 Å². The van der Waals surface area contributed by atoms with Crippen molar-refractivity contribution in [3.63, 3.8) is 0 Å². The highest BCUT2D eigenvalue weighted by atomic mass is 16.5. The van der Waals surface area contributed by atoms with Crippen molar-refractivity contribution in [3.05, 3.63) is 54.1 Å². The van der Waals surface area contributed by atoms with Crippen LogP contribution in [0, 0.1) is 5.92 Å². The first-order chi connectivity index (χ1) is 16.5. The molecule has 0 spiro atoms. The number of esters is 1. The number of aliphatic imine (C=N–C) groups is 1. The Labute approximate surface area is 199 Å². The number of guanidine groups is 1. The van der Waals surface area contributed by atoms with Crippen molar-refractivity contribution < 1.29 is 24.2 Å². The number of hydrogen-bond acceptors (Lipinski definition) is 8. The number of rotatable bonds is 6. The van der Waals surface area contributed by atoms with Crippen molar-refractivity contribution in [1.82, 2.24) is 10.2 Å². The average molecular weight is 467 g/mol. The number of phenolic OH excluding ortho intramolecular Hbond substituents is 1. The summed E-state index contributed by atoms with van der Waals surface area (Å²) in [6, 6.07) is 14.2. The summed E-state index contributed by atoms with van der Waals surface area (Å²) in [5.41, 5.74) is 1.75. The fourth-order valence-electron chi connectivity index (χ4n) is 4.27. The maximum absolute atomic E-state index is 13.1. The monoisotopic (exact) mass is 466 g/mol. The first-order valence-corrected chi connectivity index (χ1v) is 11.6. The Balaban J connectivity index is 1.61. The largest absolute Gasteiger partial charge is 0.504 e. The van der Waals surface area contributed by atoms with E-state index in [0.29, 0.717) is 31.2 Å². The number of carbonyl (C=O) groups excluding carboxylic acids is 2. The van der Waals surface area contributed by atoms with Crippen LogP contribution in [0.15, 0.2) is 53.5 Å². The summed E-state index contributed by atoms with van der Waals surface area (Å²) in [5, 5.41) is 12.9. The Kier molecular flexibility index (Phi) is 7.20. The summed E-state index contributed by atoms with van der Waals surface area (Å²) in [6.45, 7) is 6.93. The van der Waals surface area contributed by atoms with Crippen molar-refractivity contribution in [2.75, 3.05) is 44.3 Å². The number of nitrogens with one attached hydrogen (secondary N) is 1.